The normalized spacial score (nSPS) is 26.2. The van der Waals surface area contributed by atoms with Crippen LogP contribution in [-0.2, 0) is 10.0 Å². The molecule has 5 heteroatoms. The molecule has 1 fully saturated rings. The molecule has 2 atom stereocenters. The molecular formula is C13H18ClNO2S. The van der Waals surface area contributed by atoms with E-state index in [1.807, 2.05) is 0 Å². The van der Waals surface area contributed by atoms with Gasteiger partial charge in [0.2, 0.25) is 10.0 Å². The van der Waals surface area contributed by atoms with Crippen LogP contribution in [0.1, 0.15) is 20.3 Å². The van der Waals surface area contributed by atoms with Crippen LogP contribution in [0.4, 0.5) is 0 Å². The van der Waals surface area contributed by atoms with Crippen molar-refractivity contribution in [2.24, 2.45) is 11.8 Å². The maximum absolute atomic E-state index is 12.5. The summed E-state index contributed by atoms with van der Waals surface area (Å²) in [6.45, 7) is 5.34. The molecule has 0 bridgehead atoms. The van der Waals surface area contributed by atoms with Gasteiger partial charge in [0.15, 0.2) is 0 Å². The van der Waals surface area contributed by atoms with Gasteiger partial charge >= 0.3 is 0 Å². The lowest BCUT2D eigenvalue weighted by atomic mass is 9.94. The van der Waals surface area contributed by atoms with Crippen molar-refractivity contribution in [3.05, 3.63) is 29.3 Å². The van der Waals surface area contributed by atoms with Gasteiger partial charge in [0.1, 0.15) is 4.90 Å². The minimum Gasteiger partial charge on any atom is -0.207 e. The van der Waals surface area contributed by atoms with Crippen LogP contribution in [0.3, 0.4) is 0 Å². The highest BCUT2D eigenvalue weighted by atomic mass is 35.5. The van der Waals surface area contributed by atoms with Gasteiger partial charge in [0.05, 0.1) is 5.02 Å². The van der Waals surface area contributed by atoms with E-state index < -0.39 is 10.0 Å². The third-order valence-electron chi connectivity index (χ3n) is 3.29. The van der Waals surface area contributed by atoms with Crippen LogP contribution >= 0.6 is 11.6 Å². The number of rotatable bonds is 2. The van der Waals surface area contributed by atoms with Crippen LogP contribution in [0, 0.1) is 11.8 Å². The fourth-order valence-corrected chi connectivity index (χ4v) is 4.77. The summed E-state index contributed by atoms with van der Waals surface area (Å²) in [5.41, 5.74) is 0. The Kier molecular flexibility index (Phi) is 3.99. The Morgan fingerprint density at radius 3 is 2.28 bits per heavy atom. The quantitative estimate of drug-likeness (QED) is 0.838. The Morgan fingerprint density at radius 2 is 1.72 bits per heavy atom. The van der Waals surface area contributed by atoms with E-state index in [1.54, 1.807) is 28.6 Å². The smallest absolute Gasteiger partial charge is 0.207 e. The first-order valence-corrected chi connectivity index (χ1v) is 7.97. The molecule has 3 nitrogen and oxygen atoms in total. The van der Waals surface area contributed by atoms with Gasteiger partial charge in [-0.3, -0.25) is 0 Å². The van der Waals surface area contributed by atoms with Gasteiger partial charge in [0, 0.05) is 13.1 Å². The predicted molar refractivity (Wildman–Crippen MR) is 73.2 cm³/mol. The molecule has 1 heterocycles. The average Bonchev–Trinajstić information content (AvgIpc) is 2.28. The van der Waals surface area contributed by atoms with E-state index in [9.17, 15) is 8.42 Å². The van der Waals surface area contributed by atoms with Crippen molar-refractivity contribution in [2.75, 3.05) is 13.1 Å². The van der Waals surface area contributed by atoms with Gasteiger partial charge in [-0.05, 0) is 30.4 Å². The van der Waals surface area contributed by atoms with Crippen molar-refractivity contribution in [1.29, 1.82) is 0 Å². The van der Waals surface area contributed by atoms with E-state index in [0.29, 0.717) is 29.9 Å². The fraction of sp³-hybridized carbons (Fsp3) is 0.538. The summed E-state index contributed by atoms with van der Waals surface area (Å²) in [6, 6.07) is 6.63. The highest BCUT2D eigenvalue weighted by molar-refractivity contribution is 7.89. The van der Waals surface area contributed by atoms with E-state index >= 15 is 0 Å². The molecule has 1 saturated heterocycles. The maximum atomic E-state index is 12.5. The van der Waals surface area contributed by atoms with E-state index in [4.69, 9.17) is 11.6 Å². The van der Waals surface area contributed by atoms with Crippen molar-refractivity contribution < 1.29 is 8.42 Å². The first-order chi connectivity index (χ1) is 8.41. The molecular weight excluding hydrogens is 270 g/mol. The highest BCUT2D eigenvalue weighted by Crippen LogP contribution is 2.29. The average molecular weight is 288 g/mol. The third-order valence-corrected chi connectivity index (χ3v) is 5.62. The molecule has 1 aromatic rings. The number of benzene rings is 1. The number of halogens is 1. The van der Waals surface area contributed by atoms with Crippen molar-refractivity contribution in [2.45, 2.75) is 25.2 Å². The standard InChI is InChI=1S/C13H18ClNO2S/c1-10-7-11(2)9-15(8-10)18(16,17)13-6-4-3-5-12(13)14/h3-6,10-11H,7-9H2,1-2H3. The first kappa shape index (κ1) is 13.8. The van der Waals surface area contributed by atoms with Crippen molar-refractivity contribution >= 4 is 21.6 Å². The van der Waals surface area contributed by atoms with Gasteiger partial charge in [-0.2, -0.15) is 4.31 Å². The SMILES string of the molecule is CC1CC(C)CN(S(=O)(=O)c2ccccc2Cl)C1. The summed E-state index contributed by atoms with van der Waals surface area (Å²) in [5.74, 6) is 0.789. The number of hydrogen-bond acceptors (Lipinski definition) is 2. The van der Waals surface area contributed by atoms with Crippen molar-refractivity contribution in [3.8, 4) is 0 Å². The van der Waals surface area contributed by atoms with Crippen molar-refractivity contribution in [1.82, 2.24) is 4.31 Å². The van der Waals surface area contributed by atoms with Gasteiger partial charge in [-0.1, -0.05) is 37.6 Å². The van der Waals surface area contributed by atoms with Gasteiger partial charge in [-0.25, -0.2) is 8.42 Å². The summed E-state index contributed by atoms with van der Waals surface area (Å²) < 4.78 is 26.6. The number of nitrogens with zero attached hydrogens (tertiary/aromatic N) is 1. The summed E-state index contributed by atoms with van der Waals surface area (Å²) in [7, 11) is -3.46. The second kappa shape index (κ2) is 5.19. The van der Waals surface area contributed by atoms with E-state index in [2.05, 4.69) is 13.8 Å². The summed E-state index contributed by atoms with van der Waals surface area (Å²) in [6.07, 6.45) is 1.08. The van der Waals surface area contributed by atoms with Gasteiger partial charge in [-0.15, -0.1) is 0 Å². The molecule has 1 aliphatic rings. The lowest BCUT2D eigenvalue weighted by Gasteiger charge is -2.34. The largest absolute Gasteiger partial charge is 0.244 e. The fourth-order valence-electron chi connectivity index (χ4n) is 2.60. The monoisotopic (exact) mass is 287 g/mol. The molecule has 1 aliphatic heterocycles. The molecule has 0 saturated carbocycles. The first-order valence-electron chi connectivity index (χ1n) is 6.16. The number of sulfonamides is 1. The predicted octanol–water partition coefficient (Wildman–Crippen LogP) is 3.01. The second-order valence-corrected chi connectivity index (χ2v) is 7.51. The summed E-state index contributed by atoms with van der Waals surface area (Å²) in [4.78, 5) is 0.216. The van der Waals surface area contributed by atoms with Gasteiger partial charge < -0.3 is 0 Å². The maximum Gasteiger partial charge on any atom is 0.244 e. The van der Waals surface area contributed by atoms with Gasteiger partial charge in [0.25, 0.3) is 0 Å². The molecule has 2 unspecified atom stereocenters. The Bertz CT molecular complexity index is 520. The summed E-state index contributed by atoms with van der Waals surface area (Å²) >= 11 is 5.99. The van der Waals surface area contributed by atoms with Crippen LogP contribution in [0.25, 0.3) is 0 Å². The molecule has 18 heavy (non-hydrogen) atoms. The minimum atomic E-state index is -3.46. The summed E-state index contributed by atoms with van der Waals surface area (Å²) in [5, 5.41) is 0.295. The zero-order valence-corrected chi connectivity index (χ0v) is 12.2. The topological polar surface area (TPSA) is 37.4 Å². The zero-order valence-electron chi connectivity index (χ0n) is 10.6. The molecule has 0 N–H and O–H groups in total. The lowest BCUT2D eigenvalue weighted by Crippen LogP contribution is -2.42. The van der Waals surface area contributed by atoms with Crippen LogP contribution in [-0.4, -0.2) is 25.8 Å². The molecule has 100 valence electrons. The zero-order chi connectivity index (χ0) is 13.3. The molecule has 2 rings (SSSR count). The third kappa shape index (κ3) is 2.71. The molecule has 0 aromatic heterocycles. The van der Waals surface area contributed by atoms with Crippen molar-refractivity contribution in [3.63, 3.8) is 0 Å². The minimum absolute atomic E-state index is 0.216. The molecule has 0 spiro atoms. The molecule has 0 aliphatic carbocycles. The number of piperidine rings is 1. The lowest BCUT2D eigenvalue weighted by molar-refractivity contribution is 0.222. The Morgan fingerprint density at radius 1 is 1.17 bits per heavy atom. The Hall–Kier alpha value is -0.580. The van der Waals surface area contributed by atoms with Crippen LogP contribution in [0.5, 0.6) is 0 Å². The van der Waals surface area contributed by atoms with E-state index in [-0.39, 0.29) is 4.90 Å². The number of hydrogen-bond donors (Lipinski definition) is 0. The molecule has 0 radical (unpaired) electrons. The van der Waals surface area contributed by atoms with Crippen LogP contribution in [0.15, 0.2) is 29.2 Å². The van der Waals surface area contributed by atoms with E-state index in [1.165, 1.54) is 0 Å². The molecule has 1 aromatic carbocycles. The highest BCUT2D eigenvalue weighted by Gasteiger charge is 2.32. The Labute approximate surface area is 114 Å². The van der Waals surface area contributed by atoms with Crippen LogP contribution < -0.4 is 0 Å². The second-order valence-electron chi connectivity index (χ2n) is 5.20. The van der Waals surface area contributed by atoms with Crippen LogP contribution in [0.2, 0.25) is 5.02 Å². The van der Waals surface area contributed by atoms with E-state index in [0.717, 1.165) is 6.42 Å². The molecule has 0 amide bonds. The Balaban J connectivity index is 2.34.